The molecule has 275 valence electrons. The van der Waals surface area contributed by atoms with E-state index in [1.165, 1.54) is 0 Å². The number of hydrogen-bond donors (Lipinski definition) is 7. The average Bonchev–Trinajstić information content (AvgIpc) is 3.04. The van der Waals surface area contributed by atoms with E-state index in [1.54, 1.807) is 0 Å². The van der Waals surface area contributed by atoms with Crippen LogP contribution in [0.2, 0.25) is 0 Å². The van der Waals surface area contributed by atoms with Gasteiger partial charge >= 0.3 is 5.97 Å². The third-order valence-electron chi connectivity index (χ3n) is 5.99. The number of fused-ring (bicyclic) bond motifs is 1. The number of carbonyl (C=O) groups is 1. The minimum atomic E-state index is -5.29. The van der Waals surface area contributed by atoms with Crippen molar-refractivity contribution in [2.24, 2.45) is 20.5 Å². The number of phenols is 2. The Kier molecular flexibility index (Phi) is 13.5. The molecule has 0 aromatic heterocycles. The second kappa shape index (κ2) is 16.8. The summed E-state index contributed by atoms with van der Waals surface area (Å²) in [5.74, 6) is -3.99. The van der Waals surface area contributed by atoms with E-state index in [1.807, 2.05) is 0 Å². The van der Waals surface area contributed by atoms with E-state index in [4.69, 9.17) is 10.5 Å². The molecule has 0 aliphatic rings. The molecule has 4 aromatic carbocycles. The molecule has 28 heteroatoms. The third kappa shape index (κ3) is 9.49. The van der Waals surface area contributed by atoms with Crippen molar-refractivity contribution in [3.05, 3.63) is 64.2 Å². The number of non-ortho nitro benzene ring substituents is 1. The second-order valence-corrected chi connectivity index (χ2v) is 13.2. The van der Waals surface area contributed by atoms with Crippen LogP contribution in [0.3, 0.4) is 0 Å². The van der Waals surface area contributed by atoms with Gasteiger partial charge in [-0.3, -0.25) is 19.2 Å². The first kappa shape index (κ1) is 41.0. The van der Waals surface area contributed by atoms with Crippen LogP contribution in [-0.2, 0) is 56.0 Å². The van der Waals surface area contributed by atoms with Gasteiger partial charge in [0.05, 0.1) is 44.9 Å². The first-order valence-corrected chi connectivity index (χ1v) is 16.6. The van der Waals surface area contributed by atoms with Gasteiger partial charge in [-0.05, 0) is 41.8 Å². The van der Waals surface area contributed by atoms with Gasteiger partial charge in [0.15, 0.2) is 11.5 Å². The summed E-state index contributed by atoms with van der Waals surface area (Å²) >= 11 is 0.469. The fourth-order valence-electron chi connectivity index (χ4n) is 3.97. The van der Waals surface area contributed by atoms with E-state index in [0.29, 0.717) is 24.2 Å². The van der Waals surface area contributed by atoms with E-state index < -0.39 is 97.2 Å². The van der Waals surface area contributed by atoms with E-state index in [-0.39, 0.29) is 38.9 Å². The summed E-state index contributed by atoms with van der Waals surface area (Å²) in [6, 6.07) is 6.84. The summed E-state index contributed by atoms with van der Waals surface area (Å²) in [7, 11) is -10.3. The van der Waals surface area contributed by atoms with Gasteiger partial charge in [-0.2, -0.15) is 16.8 Å². The number of carboxylic acid groups (broad SMARTS) is 1. The van der Waals surface area contributed by atoms with E-state index in [0.717, 1.165) is 36.4 Å². The fraction of sp³-hybridized carbons (Fsp3) is 0. The number of benzene rings is 4. The Labute approximate surface area is 301 Å². The van der Waals surface area contributed by atoms with E-state index in [9.17, 15) is 56.2 Å². The zero-order valence-electron chi connectivity index (χ0n) is 23.9. The molecule has 0 aliphatic carbocycles. The summed E-state index contributed by atoms with van der Waals surface area (Å²) in [5.41, 5.74) is -4.36. The van der Waals surface area contributed by atoms with Crippen molar-refractivity contribution in [2.75, 3.05) is 0 Å². The summed E-state index contributed by atoms with van der Waals surface area (Å²) in [4.78, 5) is 19.6. The number of phenolic OH excluding ortho intramolecular Hbond substituents is 2. The van der Waals surface area contributed by atoms with Gasteiger partial charge in [-0.15, -0.1) is 29.1 Å². The van der Waals surface area contributed by atoms with Gasteiger partial charge in [0, 0.05) is 34.1 Å². The van der Waals surface area contributed by atoms with Crippen LogP contribution >= 0.6 is 24.1 Å². The second-order valence-electron chi connectivity index (χ2n) is 8.94. The predicted octanol–water partition coefficient (Wildman–Crippen LogP) is 6.04. The van der Waals surface area contributed by atoms with Crippen LogP contribution in [0.1, 0.15) is 10.4 Å². The summed E-state index contributed by atoms with van der Waals surface area (Å²) in [5, 5.41) is 80.5. The molecule has 0 spiro atoms. The van der Waals surface area contributed by atoms with Gasteiger partial charge in [0.25, 0.3) is 25.9 Å². The minimum Gasteiger partial charge on any atom is -0.505 e. The fourth-order valence-corrected chi connectivity index (χ4v) is 6.12. The monoisotopic (exact) mass is 840 g/mol. The normalized spacial score (nSPS) is 12.1. The van der Waals surface area contributed by atoms with Crippen LogP contribution in [0.5, 0.6) is 11.5 Å². The maximum atomic E-state index is 12.3. The molecule has 0 unspecified atom stereocenters. The van der Waals surface area contributed by atoms with Crippen LogP contribution in [-0.4, -0.2) is 62.7 Å². The third-order valence-corrected chi connectivity index (χ3v) is 8.95. The smallest absolute Gasteiger partial charge is 0.338 e. The number of carboxylic acids is 1. The van der Waals surface area contributed by atoms with Gasteiger partial charge in [0.1, 0.15) is 32.5 Å². The Hall–Kier alpha value is -4.39. The van der Waals surface area contributed by atoms with Crippen LogP contribution in [0.4, 0.5) is 28.4 Å². The van der Waals surface area contributed by atoms with Crippen molar-refractivity contribution in [3.8, 4) is 11.5 Å². The molecule has 0 saturated heterocycles. The SMILES string of the molecule is O=C(O)c1cc([N+](=O)[O-])ccc1N=Nc1c(S(=O)(=O)O)cc2cc(SOOO)c(N=Nc3cc(SOOO)ccc3S(=O)(=O)O)c(O)c2c1O.[Cu]. The van der Waals surface area contributed by atoms with Gasteiger partial charge in [-0.1, -0.05) is 10.1 Å². The molecule has 0 heterocycles. The Balaban J connectivity index is 0.00000702. The molecular formula is C23H15CuN5O18S4. The predicted molar refractivity (Wildman–Crippen MR) is 163 cm³/mol. The van der Waals surface area contributed by atoms with Crippen LogP contribution in [0, 0.1) is 10.1 Å². The molecule has 0 atom stereocenters. The zero-order chi connectivity index (χ0) is 37.0. The summed E-state index contributed by atoms with van der Waals surface area (Å²) < 4.78 is 76.7. The molecule has 4 rings (SSSR count). The zero-order valence-corrected chi connectivity index (χ0v) is 28.1. The average molecular weight is 841 g/mol. The van der Waals surface area contributed by atoms with Crippen LogP contribution in [0.15, 0.2) is 88.6 Å². The molecule has 4 aromatic rings. The number of rotatable bonds is 14. The molecule has 1 radical (unpaired) electrons. The van der Waals surface area contributed by atoms with Crippen molar-refractivity contribution in [3.63, 3.8) is 0 Å². The minimum absolute atomic E-state index is 0. The number of hydrogen-bond acceptors (Lipinski definition) is 21. The first-order chi connectivity index (χ1) is 23.5. The molecule has 23 nitrogen and oxygen atoms in total. The maximum Gasteiger partial charge on any atom is 0.338 e. The summed E-state index contributed by atoms with van der Waals surface area (Å²) in [6.45, 7) is 0. The quantitative estimate of drug-likeness (QED) is 0.0145. The number of aromatic carboxylic acids is 1. The Morgan fingerprint density at radius 1 is 0.765 bits per heavy atom. The van der Waals surface area contributed by atoms with Crippen LogP contribution < -0.4 is 0 Å². The largest absolute Gasteiger partial charge is 0.505 e. The van der Waals surface area contributed by atoms with E-state index in [2.05, 4.69) is 39.2 Å². The molecule has 0 amide bonds. The molecule has 0 saturated carbocycles. The van der Waals surface area contributed by atoms with Crippen molar-refractivity contribution >= 4 is 89.5 Å². The maximum absolute atomic E-state index is 12.3. The van der Waals surface area contributed by atoms with Crippen molar-refractivity contribution in [1.29, 1.82) is 0 Å². The molecule has 7 N–H and O–H groups in total. The molecule has 0 fully saturated rings. The van der Waals surface area contributed by atoms with Crippen molar-refractivity contribution < 1.29 is 97.3 Å². The summed E-state index contributed by atoms with van der Waals surface area (Å²) in [6.07, 6.45) is 0. The van der Waals surface area contributed by atoms with Gasteiger partial charge in [0.2, 0.25) is 0 Å². The Morgan fingerprint density at radius 2 is 1.35 bits per heavy atom. The van der Waals surface area contributed by atoms with Crippen LogP contribution in [0.25, 0.3) is 10.8 Å². The molecule has 0 aliphatic heterocycles. The van der Waals surface area contributed by atoms with E-state index >= 15 is 0 Å². The topological polar surface area (TPSA) is 356 Å². The van der Waals surface area contributed by atoms with Gasteiger partial charge in [-0.25, -0.2) is 15.3 Å². The Bertz CT molecular complexity index is 2310. The first-order valence-electron chi connectivity index (χ1n) is 12.3. The number of nitro benzene ring substituents is 1. The molecule has 51 heavy (non-hydrogen) atoms. The standard InChI is InChI=1S/C23H15N5O18S4.Cu/c29-21-18-9(5-15(48-46-44-36)19(21)26-25-14-8-11(47-45-43-35)2-4-16(14)49(37,38)39)6-17(50(40,41)42)20(22(18)30)27-24-13-3-1-10(28(33)34)7-12(13)23(31)32;/h1-8,29-30,35-36H,(H,31,32)(H,37,38,39)(H,40,41,42);. The van der Waals surface area contributed by atoms with Crippen molar-refractivity contribution in [2.45, 2.75) is 19.6 Å². The molecule has 0 bridgehead atoms. The number of aromatic hydroxyl groups is 2. The number of nitro groups is 1. The van der Waals surface area contributed by atoms with Gasteiger partial charge < -0.3 is 15.3 Å². The molecular weight excluding hydrogens is 826 g/mol. The number of azo groups is 2. The Morgan fingerprint density at radius 3 is 1.94 bits per heavy atom. The number of nitrogens with zero attached hydrogens (tertiary/aromatic N) is 5. The van der Waals surface area contributed by atoms with Crippen molar-refractivity contribution in [1.82, 2.24) is 0 Å².